The molecule has 0 spiro atoms. The summed E-state index contributed by atoms with van der Waals surface area (Å²) >= 11 is 0. The number of carbonyl (C=O) groups excluding carboxylic acids is 1. The van der Waals surface area contributed by atoms with Gasteiger partial charge in [-0.15, -0.1) is 10.2 Å². The second-order valence-corrected chi connectivity index (χ2v) is 7.75. The van der Waals surface area contributed by atoms with Crippen molar-refractivity contribution in [3.05, 3.63) is 42.0 Å². The van der Waals surface area contributed by atoms with Gasteiger partial charge in [0.15, 0.2) is 5.82 Å². The molecule has 3 rings (SSSR count). The maximum absolute atomic E-state index is 13.0. The molecule has 1 saturated heterocycles. The predicted octanol–water partition coefficient (Wildman–Crippen LogP) is 4.32. The zero-order chi connectivity index (χ0) is 19.9. The fourth-order valence-corrected chi connectivity index (χ4v) is 3.89. The molecule has 0 saturated carbocycles. The van der Waals surface area contributed by atoms with Crippen LogP contribution in [0.5, 0.6) is 0 Å². The molecule has 1 aliphatic rings. The minimum absolute atomic E-state index is 0.0606. The van der Waals surface area contributed by atoms with Crippen LogP contribution >= 0.6 is 0 Å². The number of rotatable bonds is 7. The van der Waals surface area contributed by atoms with Crippen LogP contribution in [0.4, 0.5) is 5.82 Å². The number of hydrogen-bond donors (Lipinski definition) is 0. The Morgan fingerprint density at radius 3 is 2.39 bits per heavy atom. The largest absolute Gasteiger partial charge is 0.354 e. The van der Waals surface area contributed by atoms with E-state index in [1.807, 2.05) is 17.0 Å². The summed E-state index contributed by atoms with van der Waals surface area (Å²) in [5.41, 5.74) is 3.19. The van der Waals surface area contributed by atoms with Crippen LogP contribution in [0.15, 0.2) is 36.4 Å². The van der Waals surface area contributed by atoms with Crippen molar-refractivity contribution >= 4 is 11.7 Å². The number of benzene rings is 1. The first kappa shape index (κ1) is 20.3. The van der Waals surface area contributed by atoms with E-state index < -0.39 is 0 Å². The molecule has 2 aromatic rings. The summed E-state index contributed by atoms with van der Waals surface area (Å²) in [4.78, 5) is 17.2. The molecule has 1 amide bonds. The SMILES string of the molecule is CCCN(CCC)C(=O)[C@H]1CCCN(c2ccc(-c3ccc(C)cc3)nn2)C1. The van der Waals surface area contributed by atoms with Gasteiger partial charge in [-0.2, -0.15) is 0 Å². The first-order valence-corrected chi connectivity index (χ1v) is 10.6. The molecule has 0 bridgehead atoms. The lowest BCUT2D eigenvalue weighted by atomic mass is 9.96. The second-order valence-electron chi connectivity index (χ2n) is 7.75. The van der Waals surface area contributed by atoms with E-state index in [1.54, 1.807) is 0 Å². The Morgan fingerprint density at radius 1 is 1.07 bits per heavy atom. The molecule has 0 N–H and O–H groups in total. The molecule has 5 nitrogen and oxygen atoms in total. The van der Waals surface area contributed by atoms with Gasteiger partial charge in [0.1, 0.15) is 0 Å². The number of hydrogen-bond acceptors (Lipinski definition) is 4. The van der Waals surface area contributed by atoms with E-state index in [-0.39, 0.29) is 5.92 Å². The van der Waals surface area contributed by atoms with Crippen molar-refractivity contribution in [1.82, 2.24) is 15.1 Å². The van der Waals surface area contributed by atoms with E-state index in [9.17, 15) is 4.79 Å². The van der Waals surface area contributed by atoms with E-state index >= 15 is 0 Å². The average Bonchev–Trinajstić information content (AvgIpc) is 2.74. The number of aryl methyl sites for hydroxylation is 1. The predicted molar refractivity (Wildman–Crippen MR) is 114 cm³/mol. The third kappa shape index (κ3) is 4.89. The Kier molecular flexibility index (Phi) is 7.01. The van der Waals surface area contributed by atoms with Gasteiger partial charge in [0.05, 0.1) is 11.6 Å². The van der Waals surface area contributed by atoms with Gasteiger partial charge in [0.25, 0.3) is 0 Å². The standard InChI is InChI=1S/C23H32N4O/c1-4-14-26(15-5-2)23(28)20-7-6-16-27(17-20)22-13-12-21(24-25-22)19-10-8-18(3)9-11-19/h8-13,20H,4-7,14-17H2,1-3H3/t20-/m0/s1. The molecule has 1 aliphatic heterocycles. The molecule has 1 fully saturated rings. The Morgan fingerprint density at radius 2 is 1.79 bits per heavy atom. The smallest absolute Gasteiger partial charge is 0.227 e. The van der Waals surface area contributed by atoms with Crippen molar-refractivity contribution in [1.29, 1.82) is 0 Å². The van der Waals surface area contributed by atoms with Crippen LogP contribution in [-0.4, -0.2) is 47.2 Å². The van der Waals surface area contributed by atoms with Crippen LogP contribution < -0.4 is 4.90 Å². The summed E-state index contributed by atoms with van der Waals surface area (Å²) in [6.07, 6.45) is 4.00. The zero-order valence-corrected chi connectivity index (χ0v) is 17.4. The summed E-state index contributed by atoms with van der Waals surface area (Å²) in [5.74, 6) is 1.23. The van der Waals surface area contributed by atoms with Gasteiger partial charge in [-0.3, -0.25) is 4.79 Å². The molecule has 0 radical (unpaired) electrons. The summed E-state index contributed by atoms with van der Waals surface area (Å²) in [6.45, 7) is 9.73. The van der Waals surface area contributed by atoms with Crippen LogP contribution in [0.3, 0.4) is 0 Å². The molecule has 0 aliphatic carbocycles. The molecule has 5 heteroatoms. The van der Waals surface area contributed by atoms with E-state index in [0.717, 1.165) is 68.9 Å². The molecule has 150 valence electrons. The summed E-state index contributed by atoms with van der Waals surface area (Å²) in [5, 5.41) is 8.89. The fraction of sp³-hybridized carbons (Fsp3) is 0.522. The van der Waals surface area contributed by atoms with Crippen molar-refractivity contribution in [3.8, 4) is 11.3 Å². The van der Waals surface area contributed by atoms with Crippen molar-refractivity contribution in [3.63, 3.8) is 0 Å². The number of nitrogens with zero attached hydrogens (tertiary/aromatic N) is 4. The Labute approximate surface area is 168 Å². The molecule has 28 heavy (non-hydrogen) atoms. The van der Waals surface area contributed by atoms with Gasteiger partial charge >= 0.3 is 0 Å². The quantitative estimate of drug-likeness (QED) is 0.718. The van der Waals surface area contributed by atoms with Crippen molar-refractivity contribution < 1.29 is 4.79 Å². The van der Waals surface area contributed by atoms with Crippen molar-refractivity contribution in [2.24, 2.45) is 5.92 Å². The van der Waals surface area contributed by atoms with E-state index in [2.05, 4.69) is 60.1 Å². The summed E-state index contributed by atoms with van der Waals surface area (Å²) < 4.78 is 0. The molecule has 2 heterocycles. The van der Waals surface area contributed by atoms with Gasteiger partial charge < -0.3 is 9.80 Å². The van der Waals surface area contributed by atoms with Gasteiger partial charge in [-0.05, 0) is 44.7 Å². The van der Waals surface area contributed by atoms with Gasteiger partial charge in [-0.1, -0.05) is 43.7 Å². The maximum Gasteiger partial charge on any atom is 0.227 e. The normalized spacial score (nSPS) is 16.8. The number of aromatic nitrogens is 2. The molecular weight excluding hydrogens is 348 g/mol. The minimum atomic E-state index is 0.0606. The number of carbonyl (C=O) groups is 1. The average molecular weight is 381 g/mol. The first-order chi connectivity index (χ1) is 13.6. The van der Waals surface area contributed by atoms with Crippen molar-refractivity contribution in [2.75, 3.05) is 31.1 Å². The number of anilines is 1. The monoisotopic (exact) mass is 380 g/mol. The minimum Gasteiger partial charge on any atom is -0.354 e. The lowest BCUT2D eigenvalue weighted by Gasteiger charge is -2.35. The Bertz CT molecular complexity index is 751. The van der Waals surface area contributed by atoms with Crippen molar-refractivity contribution in [2.45, 2.75) is 46.5 Å². The van der Waals surface area contributed by atoms with Gasteiger partial charge in [0.2, 0.25) is 5.91 Å². The highest BCUT2D eigenvalue weighted by Gasteiger charge is 2.29. The topological polar surface area (TPSA) is 49.3 Å². The molecular formula is C23H32N4O. The lowest BCUT2D eigenvalue weighted by molar-refractivity contribution is -0.135. The second kappa shape index (κ2) is 9.67. The molecule has 1 atom stereocenters. The van der Waals surface area contributed by atoms with Gasteiger partial charge in [-0.25, -0.2) is 0 Å². The van der Waals surface area contributed by atoms with Gasteiger partial charge in [0, 0.05) is 31.7 Å². The first-order valence-electron chi connectivity index (χ1n) is 10.6. The van der Waals surface area contributed by atoms with E-state index in [1.165, 1.54) is 5.56 Å². The Hall–Kier alpha value is -2.43. The lowest BCUT2D eigenvalue weighted by Crippen LogP contribution is -2.45. The third-order valence-corrected chi connectivity index (χ3v) is 5.39. The number of amides is 1. The molecule has 1 aromatic carbocycles. The highest BCUT2D eigenvalue weighted by atomic mass is 16.2. The highest BCUT2D eigenvalue weighted by Crippen LogP contribution is 2.25. The molecule has 0 unspecified atom stereocenters. The fourth-order valence-electron chi connectivity index (χ4n) is 3.89. The molecule has 1 aromatic heterocycles. The van der Waals surface area contributed by atoms with Crippen LogP contribution in [0.25, 0.3) is 11.3 Å². The van der Waals surface area contributed by atoms with Crippen LogP contribution in [0.2, 0.25) is 0 Å². The summed E-state index contributed by atoms with van der Waals surface area (Å²) in [6, 6.07) is 12.4. The van der Waals surface area contributed by atoms with Crippen LogP contribution in [0.1, 0.15) is 45.1 Å². The van der Waals surface area contributed by atoms with Crippen LogP contribution in [-0.2, 0) is 4.79 Å². The zero-order valence-electron chi connectivity index (χ0n) is 17.4. The van der Waals surface area contributed by atoms with Crippen LogP contribution in [0, 0.1) is 12.8 Å². The highest BCUT2D eigenvalue weighted by molar-refractivity contribution is 5.79. The number of piperidine rings is 1. The third-order valence-electron chi connectivity index (χ3n) is 5.39. The van der Waals surface area contributed by atoms with E-state index in [0.29, 0.717) is 5.91 Å². The Balaban J connectivity index is 1.68. The maximum atomic E-state index is 13.0. The van der Waals surface area contributed by atoms with E-state index in [4.69, 9.17) is 0 Å². The summed E-state index contributed by atoms with van der Waals surface area (Å²) in [7, 11) is 0.